The summed E-state index contributed by atoms with van der Waals surface area (Å²) in [5, 5.41) is 1.66. The normalized spacial score (nSPS) is 21.6. The van der Waals surface area contributed by atoms with E-state index in [1.807, 2.05) is 32.0 Å². The molecule has 0 aromatic heterocycles. The summed E-state index contributed by atoms with van der Waals surface area (Å²) in [5.41, 5.74) is -0.0214. The molecule has 0 amide bonds. The van der Waals surface area contributed by atoms with Crippen LogP contribution in [-0.4, -0.2) is 29.4 Å². The third kappa shape index (κ3) is 2.62. The highest BCUT2D eigenvalue weighted by Crippen LogP contribution is 2.34. The van der Waals surface area contributed by atoms with E-state index in [4.69, 9.17) is 9.57 Å². The molecule has 0 saturated carbocycles. The van der Waals surface area contributed by atoms with Crippen LogP contribution in [0.4, 0.5) is 0 Å². The molecular formula is C16H21NO3. The predicted molar refractivity (Wildman–Crippen MR) is 76.9 cm³/mol. The van der Waals surface area contributed by atoms with Gasteiger partial charge in [0.05, 0.1) is 18.2 Å². The molecule has 0 N–H and O–H groups in total. The fourth-order valence-electron chi connectivity index (χ4n) is 2.47. The predicted octanol–water partition coefficient (Wildman–Crippen LogP) is 3.16. The molecule has 1 aromatic rings. The number of rotatable bonds is 5. The van der Waals surface area contributed by atoms with Crippen LogP contribution in [0.1, 0.15) is 37.0 Å². The average molecular weight is 275 g/mol. The second-order valence-electron chi connectivity index (χ2n) is 4.84. The second kappa shape index (κ2) is 6.20. The van der Waals surface area contributed by atoms with Crippen LogP contribution in [0.25, 0.3) is 0 Å². The number of hydrogen-bond acceptors (Lipinski definition) is 4. The molecule has 108 valence electrons. The smallest absolute Gasteiger partial charge is 0.357 e. The van der Waals surface area contributed by atoms with E-state index in [2.05, 4.69) is 6.58 Å². The van der Waals surface area contributed by atoms with Gasteiger partial charge in [-0.3, -0.25) is 0 Å². The van der Waals surface area contributed by atoms with Crippen molar-refractivity contribution < 1.29 is 14.4 Å². The zero-order valence-electron chi connectivity index (χ0n) is 12.0. The minimum absolute atomic E-state index is 0.109. The van der Waals surface area contributed by atoms with Crippen LogP contribution in [-0.2, 0) is 9.57 Å². The van der Waals surface area contributed by atoms with Crippen molar-refractivity contribution in [3.05, 3.63) is 48.6 Å². The Kier molecular flexibility index (Phi) is 4.57. The largest absolute Gasteiger partial charge is 0.360 e. The van der Waals surface area contributed by atoms with Crippen LogP contribution < -0.4 is 0 Å². The highest BCUT2D eigenvalue weighted by molar-refractivity contribution is 5.89. The van der Waals surface area contributed by atoms with Crippen molar-refractivity contribution in [2.45, 2.75) is 38.5 Å². The summed E-state index contributed by atoms with van der Waals surface area (Å²) < 4.78 is 5.87. The quantitative estimate of drug-likeness (QED) is 0.774. The number of ether oxygens (including phenoxy) is 1. The molecule has 1 aliphatic heterocycles. The number of nitrogens with zero attached hydrogens (tertiary/aromatic N) is 1. The molecule has 0 bridgehead atoms. The van der Waals surface area contributed by atoms with Gasteiger partial charge in [0.25, 0.3) is 0 Å². The van der Waals surface area contributed by atoms with Crippen LogP contribution in [0.5, 0.6) is 0 Å². The van der Waals surface area contributed by atoms with Crippen molar-refractivity contribution in [2.24, 2.45) is 0 Å². The van der Waals surface area contributed by atoms with E-state index in [1.54, 1.807) is 23.3 Å². The number of benzene rings is 1. The van der Waals surface area contributed by atoms with Crippen molar-refractivity contribution in [3.63, 3.8) is 0 Å². The Morgan fingerprint density at radius 3 is 2.65 bits per heavy atom. The number of hydrogen-bond donors (Lipinski definition) is 0. The van der Waals surface area contributed by atoms with E-state index in [0.717, 1.165) is 12.8 Å². The van der Waals surface area contributed by atoms with E-state index >= 15 is 0 Å². The Balaban J connectivity index is 2.19. The number of carbonyl (C=O) groups excluding carboxylic acids is 1. The molecule has 1 saturated heterocycles. The number of carbonyl (C=O) groups is 1. The van der Waals surface area contributed by atoms with Gasteiger partial charge in [-0.25, -0.2) is 4.79 Å². The summed E-state index contributed by atoms with van der Waals surface area (Å²) in [4.78, 5) is 17.8. The molecule has 1 atom stereocenters. The first-order valence-electron chi connectivity index (χ1n) is 7.00. The Morgan fingerprint density at radius 1 is 1.45 bits per heavy atom. The lowest BCUT2D eigenvalue weighted by Gasteiger charge is -2.35. The summed E-state index contributed by atoms with van der Waals surface area (Å²) >= 11 is 0. The zero-order chi connectivity index (χ0) is 14.6. The molecule has 0 spiro atoms. The molecule has 0 unspecified atom stereocenters. The monoisotopic (exact) mass is 275 g/mol. The maximum absolute atomic E-state index is 12.2. The Hall–Kier alpha value is -1.65. The minimum atomic E-state index is -0.552. The molecule has 1 aromatic carbocycles. The fourth-order valence-corrected chi connectivity index (χ4v) is 2.47. The summed E-state index contributed by atoms with van der Waals surface area (Å²) in [6.07, 6.45) is 3.25. The third-order valence-electron chi connectivity index (χ3n) is 3.79. The molecule has 4 nitrogen and oxygen atoms in total. The van der Waals surface area contributed by atoms with Gasteiger partial charge >= 0.3 is 5.97 Å². The van der Waals surface area contributed by atoms with Crippen molar-refractivity contribution in [2.75, 3.05) is 6.61 Å². The van der Waals surface area contributed by atoms with Gasteiger partial charge in [0, 0.05) is 0 Å². The molecular weight excluding hydrogens is 254 g/mol. The van der Waals surface area contributed by atoms with Gasteiger partial charge in [0.15, 0.2) is 5.72 Å². The first-order chi connectivity index (χ1) is 9.66. The summed E-state index contributed by atoms with van der Waals surface area (Å²) in [6.45, 7) is 8.34. The standard InChI is InChI=1S/C16H21NO3/c1-4-14-12-19-16(5-2,6-3)17(14)20-15(18)13-10-8-7-9-11-13/h4,7-11,14H,1,5-6,12H2,2-3H3/t14-/m0/s1. The topological polar surface area (TPSA) is 38.8 Å². The molecule has 0 radical (unpaired) electrons. The molecule has 1 heterocycles. The fraction of sp³-hybridized carbons (Fsp3) is 0.438. The van der Waals surface area contributed by atoms with Crippen LogP contribution >= 0.6 is 0 Å². The highest BCUT2D eigenvalue weighted by atomic mass is 16.8. The van der Waals surface area contributed by atoms with Crippen LogP contribution in [0, 0.1) is 0 Å². The van der Waals surface area contributed by atoms with Crippen molar-refractivity contribution >= 4 is 5.97 Å². The molecule has 1 fully saturated rings. The highest BCUT2D eigenvalue weighted by Gasteiger charge is 2.47. The van der Waals surface area contributed by atoms with Crippen LogP contribution in [0.15, 0.2) is 43.0 Å². The van der Waals surface area contributed by atoms with E-state index in [0.29, 0.717) is 12.2 Å². The van der Waals surface area contributed by atoms with Gasteiger partial charge in [0.2, 0.25) is 0 Å². The second-order valence-corrected chi connectivity index (χ2v) is 4.84. The van der Waals surface area contributed by atoms with Crippen molar-refractivity contribution in [1.29, 1.82) is 0 Å². The zero-order valence-corrected chi connectivity index (χ0v) is 12.0. The average Bonchev–Trinajstić information content (AvgIpc) is 2.86. The first kappa shape index (κ1) is 14.8. The van der Waals surface area contributed by atoms with Crippen molar-refractivity contribution in [1.82, 2.24) is 5.06 Å². The lowest BCUT2D eigenvalue weighted by molar-refractivity contribution is -0.233. The van der Waals surface area contributed by atoms with E-state index in [1.165, 1.54) is 0 Å². The van der Waals surface area contributed by atoms with Gasteiger partial charge in [-0.15, -0.1) is 6.58 Å². The summed E-state index contributed by atoms with van der Waals surface area (Å²) in [7, 11) is 0. The SMILES string of the molecule is C=C[C@H]1COC(CC)(CC)N1OC(=O)c1ccccc1. The van der Waals surface area contributed by atoms with Crippen molar-refractivity contribution in [3.8, 4) is 0 Å². The maximum atomic E-state index is 12.2. The lowest BCUT2D eigenvalue weighted by atomic mass is 10.1. The number of hydroxylamine groups is 2. The minimum Gasteiger partial charge on any atom is -0.360 e. The summed E-state index contributed by atoms with van der Waals surface area (Å²) in [5.74, 6) is -0.366. The van der Waals surface area contributed by atoms with E-state index < -0.39 is 5.72 Å². The van der Waals surface area contributed by atoms with Crippen LogP contribution in [0.2, 0.25) is 0 Å². The lowest BCUT2D eigenvalue weighted by Crippen LogP contribution is -2.48. The first-order valence-corrected chi connectivity index (χ1v) is 7.00. The third-order valence-corrected chi connectivity index (χ3v) is 3.79. The van der Waals surface area contributed by atoms with Gasteiger partial charge in [-0.2, -0.15) is 0 Å². The van der Waals surface area contributed by atoms with E-state index in [9.17, 15) is 4.79 Å². The van der Waals surface area contributed by atoms with Gasteiger partial charge in [-0.05, 0) is 25.0 Å². The van der Waals surface area contributed by atoms with Gasteiger partial charge in [-0.1, -0.05) is 43.2 Å². The summed E-state index contributed by atoms with van der Waals surface area (Å²) in [6, 6.07) is 8.86. The van der Waals surface area contributed by atoms with Gasteiger partial charge in [0.1, 0.15) is 0 Å². The molecule has 4 heteroatoms. The Morgan fingerprint density at radius 2 is 2.10 bits per heavy atom. The van der Waals surface area contributed by atoms with Crippen LogP contribution in [0.3, 0.4) is 0 Å². The van der Waals surface area contributed by atoms with E-state index in [-0.39, 0.29) is 12.0 Å². The Bertz CT molecular complexity index is 468. The molecule has 20 heavy (non-hydrogen) atoms. The molecule has 0 aliphatic carbocycles. The molecule has 2 rings (SSSR count). The van der Waals surface area contributed by atoms with Gasteiger partial charge < -0.3 is 9.57 Å². The maximum Gasteiger partial charge on any atom is 0.357 e. The Labute approximate surface area is 119 Å². The molecule has 1 aliphatic rings.